The zero-order valence-corrected chi connectivity index (χ0v) is 11.4. The van der Waals surface area contributed by atoms with Crippen molar-refractivity contribution in [1.29, 1.82) is 0 Å². The average molecular weight is 257 g/mol. The third-order valence-electron chi connectivity index (χ3n) is 3.02. The summed E-state index contributed by atoms with van der Waals surface area (Å²) in [5, 5.41) is 9.10. The zero-order chi connectivity index (χ0) is 13.7. The molecule has 0 radical (unpaired) electrons. The first-order chi connectivity index (χ1) is 9.22. The van der Waals surface area contributed by atoms with E-state index in [9.17, 15) is 0 Å². The summed E-state index contributed by atoms with van der Waals surface area (Å²) >= 11 is 0. The number of ether oxygens (including phenoxy) is 1. The molecule has 0 unspecified atom stereocenters. The molecule has 0 atom stereocenters. The van der Waals surface area contributed by atoms with Crippen molar-refractivity contribution < 1.29 is 9.84 Å². The molecule has 0 fully saturated rings. The van der Waals surface area contributed by atoms with Gasteiger partial charge in [0.2, 0.25) is 5.88 Å². The van der Waals surface area contributed by atoms with E-state index in [2.05, 4.69) is 24.0 Å². The van der Waals surface area contributed by atoms with Gasteiger partial charge in [-0.25, -0.2) is 4.98 Å². The molecule has 19 heavy (non-hydrogen) atoms. The Labute approximate surface area is 113 Å². The van der Waals surface area contributed by atoms with E-state index < -0.39 is 0 Å². The van der Waals surface area contributed by atoms with E-state index in [0.717, 1.165) is 29.8 Å². The van der Waals surface area contributed by atoms with E-state index >= 15 is 0 Å². The quantitative estimate of drug-likeness (QED) is 0.889. The number of hydrogen-bond donors (Lipinski definition) is 1. The smallest absolute Gasteiger partial charge is 0.219 e. The molecule has 0 aliphatic rings. The van der Waals surface area contributed by atoms with E-state index in [0.29, 0.717) is 5.88 Å². The number of aromatic nitrogens is 1. The number of hydrogen-bond acceptors (Lipinski definition) is 3. The van der Waals surface area contributed by atoms with E-state index in [1.165, 1.54) is 5.56 Å². The summed E-state index contributed by atoms with van der Waals surface area (Å²) in [7, 11) is 0. The highest BCUT2D eigenvalue weighted by Crippen LogP contribution is 2.21. The fourth-order valence-electron chi connectivity index (χ4n) is 1.92. The Bertz CT molecular complexity index is 535. The van der Waals surface area contributed by atoms with Crippen LogP contribution in [0.25, 0.3) is 0 Å². The van der Waals surface area contributed by atoms with E-state index in [4.69, 9.17) is 9.84 Å². The lowest BCUT2D eigenvalue weighted by Gasteiger charge is -2.08. The van der Waals surface area contributed by atoms with Crippen molar-refractivity contribution in [3.63, 3.8) is 0 Å². The normalized spacial score (nSPS) is 10.5. The van der Waals surface area contributed by atoms with E-state index in [1.54, 1.807) is 6.07 Å². The van der Waals surface area contributed by atoms with Gasteiger partial charge < -0.3 is 9.84 Å². The van der Waals surface area contributed by atoms with Crippen molar-refractivity contribution in [2.24, 2.45) is 0 Å². The predicted octanol–water partition coefficient (Wildman–Crippen LogP) is 3.63. The second-order valence-corrected chi connectivity index (χ2v) is 4.55. The Balaban J connectivity index is 2.10. The fourth-order valence-corrected chi connectivity index (χ4v) is 1.92. The number of aliphatic hydroxyl groups is 1. The predicted molar refractivity (Wildman–Crippen MR) is 75.4 cm³/mol. The molecule has 2 aromatic rings. The number of aliphatic hydroxyl groups excluding tert-OH is 1. The van der Waals surface area contributed by atoms with Crippen molar-refractivity contribution in [2.45, 2.75) is 33.3 Å². The molecular weight excluding hydrogens is 238 g/mol. The van der Waals surface area contributed by atoms with Gasteiger partial charge in [-0.15, -0.1) is 0 Å². The first-order valence-electron chi connectivity index (χ1n) is 6.57. The molecule has 3 heteroatoms. The summed E-state index contributed by atoms with van der Waals surface area (Å²) in [4.78, 5) is 4.32. The maximum absolute atomic E-state index is 9.10. The fraction of sp³-hybridized carbons (Fsp3) is 0.312. The van der Waals surface area contributed by atoms with Crippen LogP contribution >= 0.6 is 0 Å². The van der Waals surface area contributed by atoms with Gasteiger partial charge in [-0.1, -0.05) is 25.5 Å². The van der Waals surface area contributed by atoms with Crippen LogP contribution in [0.15, 0.2) is 36.4 Å². The summed E-state index contributed by atoms with van der Waals surface area (Å²) in [5.74, 6) is 1.33. The van der Waals surface area contributed by atoms with Crippen LogP contribution in [0.2, 0.25) is 0 Å². The van der Waals surface area contributed by atoms with E-state index in [-0.39, 0.29) is 6.61 Å². The van der Waals surface area contributed by atoms with Gasteiger partial charge in [-0.3, -0.25) is 0 Å². The monoisotopic (exact) mass is 257 g/mol. The van der Waals surface area contributed by atoms with Gasteiger partial charge in [0.05, 0.1) is 6.61 Å². The highest BCUT2D eigenvalue weighted by Gasteiger charge is 2.03. The second kappa shape index (κ2) is 6.34. The van der Waals surface area contributed by atoms with Crippen LogP contribution in [0.5, 0.6) is 11.6 Å². The van der Waals surface area contributed by atoms with Gasteiger partial charge in [0.15, 0.2) is 0 Å². The minimum absolute atomic E-state index is 0.00479. The molecular formula is C16H19NO2. The van der Waals surface area contributed by atoms with Crippen molar-refractivity contribution >= 4 is 0 Å². The summed E-state index contributed by atoms with van der Waals surface area (Å²) in [6.07, 6.45) is 2.23. The van der Waals surface area contributed by atoms with E-state index in [1.807, 2.05) is 25.1 Å². The van der Waals surface area contributed by atoms with Crippen molar-refractivity contribution in [1.82, 2.24) is 4.98 Å². The van der Waals surface area contributed by atoms with Gasteiger partial charge >= 0.3 is 0 Å². The van der Waals surface area contributed by atoms with Crippen molar-refractivity contribution in [2.75, 3.05) is 0 Å². The highest BCUT2D eigenvalue weighted by molar-refractivity contribution is 5.32. The maximum Gasteiger partial charge on any atom is 0.219 e. The van der Waals surface area contributed by atoms with Gasteiger partial charge in [-0.2, -0.15) is 0 Å². The molecule has 1 aromatic carbocycles. The first-order valence-corrected chi connectivity index (χ1v) is 6.57. The standard InChI is InChI=1S/C16H19NO2/c1-3-4-13-5-8-15(9-6-13)19-16-10-7-14(11-18)12(2)17-16/h5-10,18H,3-4,11H2,1-2H3. The van der Waals surface area contributed by atoms with Gasteiger partial charge in [-0.05, 0) is 42.7 Å². The van der Waals surface area contributed by atoms with Crippen LogP contribution in [0.4, 0.5) is 0 Å². The Morgan fingerprint density at radius 3 is 2.42 bits per heavy atom. The first kappa shape index (κ1) is 13.6. The third kappa shape index (κ3) is 3.55. The molecule has 1 N–H and O–H groups in total. The molecule has 0 aliphatic carbocycles. The van der Waals surface area contributed by atoms with Crippen LogP contribution in [0, 0.1) is 6.92 Å². The Morgan fingerprint density at radius 1 is 1.11 bits per heavy atom. The van der Waals surface area contributed by atoms with Crippen LogP contribution in [-0.4, -0.2) is 10.1 Å². The molecule has 0 bridgehead atoms. The number of rotatable bonds is 5. The van der Waals surface area contributed by atoms with Gasteiger partial charge in [0.25, 0.3) is 0 Å². The Morgan fingerprint density at radius 2 is 1.84 bits per heavy atom. The molecule has 0 saturated carbocycles. The SMILES string of the molecule is CCCc1ccc(Oc2ccc(CO)c(C)n2)cc1. The lowest BCUT2D eigenvalue weighted by molar-refractivity contribution is 0.280. The Hall–Kier alpha value is -1.87. The summed E-state index contributed by atoms with van der Waals surface area (Å²) < 4.78 is 5.70. The molecule has 0 spiro atoms. The lowest BCUT2D eigenvalue weighted by Crippen LogP contribution is -1.95. The van der Waals surface area contributed by atoms with Crippen LogP contribution in [-0.2, 0) is 13.0 Å². The molecule has 0 aliphatic heterocycles. The minimum atomic E-state index is 0.00479. The number of aryl methyl sites for hydroxylation is 2. The summed E-state index contributed by atoms with van der Waals surface area (Å²) in [6.45, 7) is 4.04. The summed E-state index contributed by atoms with van der Waals surface area (Å²) in [6, 6.07) is 11.7. The topological polar surface area (TPSA) is 42.4 Å². The summed E-state index contributed by atoms with van der Waals surface area (Å²) in [5.41, 5.74) is 2.93. The molecule has 2 rings (SSSR count). The van der Waals surface area contributed by atoms with Crippen LogP contribution in [0.3, 0.4) is 0 Å². The number of benzene rings is 1. The van der Waals surface area contributed by atoms with Crippen molar-refractivity contribution in [3.8, 4) is 11.6 Å². The Kier molecular flexibility index (Phi) is 4.53. The van der Waals surface area contributed by atoms with Crippen LogP contribution in [0.1, 0.15) is 30.2 Å². The van der Waals surface area contributed by atoms with Crippen LogP contribution < -0.4 is 4.74 Å². The molecule has 3 nitrogen and oxygen atoms in total. The third-order valence-corrected chi connectivity index (χ3v) is 3.02. The number of nitrogens with zero attached hydrogens (tertiary/aromatic N) is 1. The molecule has 100 valence electrons. The molecule has 1 aromatic heterocycles. The van der Waals surface area contributed by atoms with Crippen molar-refractivity contribution in [3.05, 3.63) is 53.2 Å². The number of pyridine rings is 1. The zero-order valence-electron chi connectivity index (χ0n) is 11.4. The molecule has 1 heterocycles. The molecule has 0 amide bonds. The van der Waals surface area contributed by atoms with Gasteiger partial charge in [0, 0.05) is 11.8 Å². The molecule has 0 saturated heterocycles. The van der Waals surface area contributed by atoms with Gasteiger partial charge in [0.1, 0.15) is 5.75 Å². The minimum Gasteiger partial charge on any atom is -0.439 e. The average Bonchev–Trinajstić information content (AvgIpc) is 2.42. The highest BCUT2D eigenvalue weighted by atomic mass is 16.5. The second-order valence-electron chi connectivity index (χ2n) is 4.55. The lowest BCUT2D eigenvalue weighted by atomic mass is 10.1. The maximum atomic E-state index is 9.10. The largest absolute Gasteiger partial charge is 0.439 e.